The maximum atomic E-state index is 11.0. The van der Waals surface area contributed by atoms with Crippen molar-refractivity contribution in [2.45, 2.75) is 0 Å². The van der Waals surface area contributed by atoms with E-state index in [1.54, 1.807) is 0 Å². The first-order valence-corrected chi connectivity index (χ1v) is 14.3. The highest BCUT2D eigenvalue weighted by Crippen LogP contribution is 2.57. The molecule has 9 aromatic rings. The van der Waals surface area contributed by atoms with E-state index < -0.39 is 28.7 Å². The third-order valence-electron chi connectivity index (χ3n) is 8.81. The molecule has 0 atom stereocenters. The average molecular weight is 591 g/mol. The molecule has 7 aromatic carbocycles. The number of rotatable bonds is 2. The Morgan fingerprint density at radius 2 is 0.756 bits per heavy atom. The number of benzene rings is 7. The van der Waals surface area contributed by atoms with E-state index in [0.29, 0.717) is 16.3 Å². The van der Waals surface area contributed by atoms with Crippen molar-refractivity contribution in [1.82, 2.24) is 0 Å². The Labute approximate surface area is 253 Å². The van der Waals surface area contributed by atoms with Gasteiger partial charge in [0.05, 0.1) is 5.56 Å². The molecule has 7 nitrogen and oxygen atoms in total. The lowest BCUT2D eigenvalue weighted by Crippen LogP contribution is -1.92. The summed E-state index contributed by atoms with van der Waals surface area (Å²) in [6, 6.07) is 33.2. The zero-order valence-electron chi connectivity index (χ0n) is 23.4. The van der Waals surface area contributed by atoms with Gasteiger partial charge in [-0.25, -0.2) is 0 Å². The Kier molecular flexibility index (Phi) is 4.95. The van der Waals surface area contributed by atoms with Gasteiger partial charge in [-0.1, -0.05) is 72.8 Å². The van der Waals surface area contributed by atoms with Gasteiger partial charge in [-0.15, -0.1) is 0 Å². The van der Waals surface area contributed by atoms with Gasteiger partial charge in [0.15, 0.2) is 11.5 Å². The maximum absolute atomic E-state index is 11.0. The SMILES string of the molecule is Oc1c(O)c(O)c(-c2c3ccccc3c(-c3ccc4oc5cc6oc7ccccc7c6cc5c4c3)c3ccccc23)c(O)c1O. The predicted octanol–water partition coefficient (Wildman–Crippen LogP) is 9.65. The van der Waals surface area contributed by atoms with E-state index in [2.05, 4.69) is 12.1 Å². The van der Waals surface area contributed by atoms with E-state index in [1.165, 1.54) is 0 Å². The van der Waals surface area contributed by atoms with Crippen LogP contribution in [0, 0.1) is 0 Å². The van der Waals surface area contributed by atoms with Gasteiger partial charge >= 0.3 is 0 Å². The van der Waals surface area contributed by atoms with Gasteiger partial charge in [0, 0.05) is 33.2 Å². The lowest BCUT2D eigenvalue weighted by Gasteiger charge is -2.20. The van der Waals surface area contributed by atoms with Gasteiger partial charge < -0.3 is 34.4 Å². The first kappa shape index (κ1) is 25.2. The Bertz CT molecular complexity index is 2630. The maximum Gasteiger partial charge on any atom is 0.208 e. The summed E-state index contributed by atoms with van der Waals surface area (Å²) in [4.78, 5) is 0. The van der Waals surface area contributed by atoms with Crippen LogP contribution in [-0.4, -0.2) is 25.5 Å². The van der Waals surface area contributed by atoms with Crippen molar-refractivity contribution < 1.29 is 34.4 Å². The molecule has 2 heterocycles. The summed E-state index contributed by atoms with van der Waals surface area (Å²) in [7, 11) is 0. The van der Waals surface area contributed by atoms with E-state index in [1.807, 2.05) is 91.0 Å². The van der Waals surface area contributed by atoms with Gasteiger partial charge in [-0.05, 0) is 56.9 Å². The third kappa shape index (κ3) is 3.34. The van der Waals surface area contributed by atoms with Crippen molar-refractivity contribution in [3.8, 4) is 51.0 Å². The van der Waals surface area contributed by atoms with E-state index >= 15 is 0 Å². The lowest BCUT2D eigenvalue weighted by atomic mass is 9.85. The smallest absolute Gasteiger partial charge is 0.208 e. The number of hydrogen-bond acceptors (Lipinski definition) is 7. The van der Waals surface area contributed by atoms with Crippen LogP contribution in [0.1, 0.15) is 0 Å². The molecule has 0 aliphatic carbocycles. The number of fused-ring (bicyclic) bond motifs is 8. The molecule has 0 saturated carbocycles. The van der Waals surface area contributed by atoms with E-state index in [9.17, 15) is 25.5 Å². The van der Waals surface area contributed by atoms with Crippen molar-refractivity contribution in [1.29, 1.82) is 0 Å². The largest absolute Gasteiger partial charge is 0.504 e. The Morgan fingerprint density at radius 1 is 0.311 bits per heavy atom. The van der Waals surface area contributed by atoms with Gasteiger partial charge in [-0.3, -0.25) is 0 Å². The Hall–Kier alpha value is -6.34. The zero-order chi connectivity index (χ0) is 30.6. The fourth-order valence-corrected chi connectivity index (χ4v) is 6.78. The summed E-state index contributed by atoms with van der Waals surface area (Å²) in [5.41, 5.74) is 5.08. The summed E-state index contributed by atoms with van der Waals surface area (Å²) in [5, 5.41) is 59.7. The van der Waals surface area contributed by atoms with Crippen LogP contribution in [0.4, 0.5) is 0 Å². The van der Waals surface area contributed by atoms with Crippen LogP contribution in [0.2, 0.25) is 0 Å². The van der Waals surface area contributed by atoms with Gasteiger partial charge in [-0.2, -0.15) is 0 Å². The highest BCUT2D eigenvalue weighted by molar-refractivity contribution is 6.23. The van der Waals surface area contributed by atoms with Crippen LogP contribution in [0.25, 0.3) is 87.7 Å². The third-order valence-corrected chi connectivity index (χ3v) is 8.81. The van der Waals surface area contributed by atoms with Crippen molar-refractivity contribution in [2.75, 3.05) is 0 Å². The zero-order valence-corrected chi connectivity index (χ0v) is 23.4. The van der Waals surface area contributed by atoms with Crippen LogP contribution in [0.3, 0.4) is 0 Å². The second-order valence-corrected chi connectivity index (χ2v) is 11.2. The molecule has 216 valence electrons. The summed E-state index contributed by atoms with van der Waals surface area (Å²) >= 11 is 0. The first-order chi connectivity index (χ1) is 21.9. The van der Waals surface area contributed by atoms with Gasteiger partial charge in [0.2, 0.25) is 17.2 Å². The lowest BCUT2D eigenvalue weighted by molar-refractivity contribution is 0.330. The summed E-state index contributed by atoms with van der Waals surface area (Å²) in [6.07, 6.45) is 0. The molecule has 0 radical (unpaired) electrons. The molecule has 0 unspecified atom stereocenters. The molecule has 45 heavy (non-hydrogen) atoms. The summed E-state index contributed by atoms with van der Waals surface area (Å²) < 4.78 is 12.4. The van der Waals surface area contributed by atoms with Crippen LogP contribution in [0.15, 0.2) is 112 Å². The first-order valence-electron chi connectivity index (χ1n) is 14.3. The van der Waals surface area contributed by atoms with Crippen molar-refractivity contribution >= 4 is 65.4 Å². The molecule has 5 N–H and O–H groups in total. The van der Waals surface area contributed by atoms with Crippen molar-refractivity contribution in [2.24, 2.45) is 0 Å². The molecule has 9 rings (SSSR count). The second kappa shape index (κ2) is 8.84. The highest BCUT2D eigenvalue weighted by Gasteiger charge is 2.28. The van der Waals surface area contributed by atoms with E-state index in [-0.39, 0.29) is 5.56 Å². The van der Waals surface area contributed by atoms with E-state index in [0.717, 1.165) is 65.8 Å². The fraction of sp³-hybridized carbons (Fsp3) is 0. The molecule has 0 fully saturated rings. The molecule has 0 aliphatic rings. The van der Waals surface area contributed by atoms with Gasteiger partial charge in [0.1, 0.15) is 22.3 Å². The Morgan fingerprint density at radius 3 is 1.36 bits per heavy atom. The molecule has 0 bridgehead atoms. The van der Waals surface area contributed by atoms with E-state index in [4.69, 9.17) is 8.83 Å². The van der Waals surface area contributed by atoms with Crippen LogP contribution in [0.5, 0.6) is 28.7 Å². The van der Waals surface area contributed by atoms with Crippen molar-refractivity contribution in [3.05, 3.63) is 103 Å². The fourth-order valence-electron chi connectivity index (χ4n) is 6.78. The minimum atomic E-state index is -1.000. The summed E-state index contributed by atoms with van der Waals surface area (Å²) in [6.45, 7) is 0. The number of phenolic OH excluding ortho intramolecular Hbond substituents is 5. The highest BCUT2D eigenvalue weighted by atomic mass is 16.4. The van der Waals surface area contributed by atoms with Crippen LogP contribution >= 0.6 is 0 Å². The predicted molar refractivity (Wildman–Crippen MR) is 175 cm³/mol. The molecule has 0 aliphatic heterocycles. The molecular weight excluding hydrogens is 568 g/mol. The average Bonchev–Trinajstić information content (AvgIpc) is 3.61. The Balaban J connectivity index is 1.37. The monoisotopic (exact) mass is 590 g/mol. The van der Waals surface area contributed by atoms with Crippen LogP contribution < -0.4 is 0 Å². The summed E-state index contributed by atoms with van der Waals surface area (Å²) in [5.74, 6) is -4.32. The quantitative estimate of drug-likeness (QED) is 0.0770. The molecular formula is C38H22O7. The molecule has 0 spiro atoms. The number of phenols is 5. The normalized spacial score (nSPS) is 12.0. The van der Waals surface area contributed by atoms with Crippen molar-refractivity contribution in [3.63, 3.8) is 0 Å². The number of hydrogen-bond donors (Lipinski definition) is 5. The minimum absolute atomic E-state index is 0.186. The molecule has 7 heteroatoms. The molecule has 0 amide bonds. The number of para-hydroxylation sites is 1. The van der Waals surface area contributed by atoms with Crippen LogP contribution in [-0.2, 0) is 0 Å². The minimum Gasteiger partial charge on any atom is -0.504 e. The number of furan rings is 2. The second-order valence-electron chi connectivity index (χ2n) is 11.2. The number of aromatic hydroxyl groups is 5. The molecule has 2 aromatic heterocycles. The molecule has 0 saturated heterocycles. The standard InChI is InChI=1S/C38H22O7/c39-34-33(35(40)37(42)38(43)36(34)41)32-22-10-3-1-8-20(22)31(21-9-2-4-11-23(21)32)18-13-14-28-24(15-18)26-16-25-19-7-5-6-12-27(19)44-29(25)17-30(26)45-28/h1-17,39-43H. The van der Waals surface area contributed by atoms with Gasteiger partial charge in [0.25, 0.3) is 0 Å². The topological polar surface area (TPSA) is 127 Å².